The fraction of sp³-hybridized carbons (Fsp3) is 0.0638. The number of aromatic nitrogens is 1. The quantitative estimate of drug-likeness (QED) is 0.190. The molecule has 7 aromatic carbocycles. The van der Waals surface area contributed by atoms with Gasteiger partial charge in [-0.25, -0.2) is 0 Å². The molecule has 240 valence electrons. The van der Waals surface area contributed by atoms with Gasteiger partial charge in [0.25, 0.3) is 0 Å². The van der Waals surface area contributed by atoms with Crippen LogP contribution in [0.15, 0.2) is 158 Å². The van der Waals surface area contributed by atoms with Crippen molar-refractivity contribution in [1.82, 2.24) is 4.57 Å². The number of para-hydroxylation sites is 4. The molecule has 0 N–H and O–H groups in total. The second kappa shape index (κ2) is 11.6. The van der Waals surface area contributed by atoms with E-state index in [1.54, 1.807) is 0 Å². The summed E-state index contributed by atoms with van der Waals surface area (Å²) in [5.41, 5.74) is 13.9. The fourth-order valence-electron chi connectivity index (χ4n) is 8.07. The van der Waals surface area contributed by atoms with Crippen LogP contribution in [0.4, 0.5) is 17.1 Å². The van der Waals surface area contributed by atoms with E-state index in [0.717, 1.165) is 55.4 Å². The zero-order valence-electron chi connectivity index (χ0n) is 28.3. The van der Waals surface area contributed by atoms with Crippen LogP contribution in [0.3, 0.4) is 0 Å². The third-order valence-corrected chi connectivity index (χ3v) is 10.5. The number of hydrogen-bond acceptors (Lipinski definition) is 3. The molecule has 0 spiro atoms. The Morgan fingerprint density at radius 3 is 2.02 bits per heavy atom. The van der Waals surface area contributed by atoms with E-state index in [9.17, 15) is 10.5 Å². The first kappa shape index (κ1) is 30.2. The second-order valence-corrected chi connectivity index (χ2v) is 13.6. The van der Waals surface area contributed by atoms with Crippen molar-refractivity contribution >= 4 is 38.9 Å². The van der Waals surface area contributed by atoms with Crippen LogP contribution in [-0.2, 0) is 5.41 Å². The predicted octanol–water partition coefficient (Wildman–Crippen LogP) is 12.0. The Bertz CT molecular complexity index is 2760. The molecule has 1 aliphatic rings. The van der Waals surface area contributed by atoms with Gasteiger partial charge in [0.2, 0.25) is 0 Å². The fourth-order valence-corrected chi connectivity index (χ4v) is 8.07. The highest BCUT2D eigenvalue weighted by atomic mass is 15.2. The van der Waals surface area contributed by atoms with Crippen molar-refractivity contribution in [1.29, 1.82) is 10.5 Å². The Balaban J connectivity index is 1.28. The van der Waals surface area contributed by atoms with Crippen LogP contribution in [0.2, 0.25) is 0 Å². The lowest BCUT2D eigenvalue weighted by molar-refractivity contribution is 0.632. The molecule has 0 saturated carbocycles. The van der Waals surface area contributed by atoms with E-state index in [1.807, 2.05) is 42.5 Å². The molecular weight excluding hydrogens is 621 g/mol. The molecule has 0 aliphatic carbocycles. The third-order valence-electron chi connectivity index (χ3n) is 10.5. The van der Waals surface area contributed by atoms with E-state index < -0.39 is 0 Å². The maximum absolute atomic E-state index is 10.6. The summed E-state index contributed by atoms with van der Waals surface area (Å²) in [6.07, 6.45) is 0. The van der Waals surface area contributed by atoms with Gasteiger partial charge in [0.1, 0.15) is 6.07 Å². The molecule has 8 aromatic rings. The molecule has 0 fully saturated rings. The van der Waals surface area contributed by atoms with Crippen molar-refractivity contribution in [2.75, 3.05) is 4.90 Å². The van der Waals surface area contributed by atoms with Crippen LogP contribution in [0.1, 0.15) is 36.1 Å². The molecule has 0 bridgehead atoms. The van der Waals surface area contributed by atoms with Crippen LogP contribution in [-0.4, -0.2) is 4.57 Å². The molecule has 0 atom stereocenters. The Hall–Kier alpha value is -6.88. The monoisotopic (exact) mass is 652 g/mol. The zero-order chi connectivity index (χ0) is 34.7. The van der Waals surface area contributed by atoms with Gasteiger partial charge in [-0.15, -0.1) is 0 Å². The lowest BCUT2D eigenvalue weighted by Gasteiger charge is -2.42. The number of anilines is 3. The van der Waals surface area contributed by atoms with E-state index in [0.29, 0.717) is 11.1 Å². The average Bonchev–Trinajstić information content (AvgIpc) is 3.51. The van der Waals surface area contributed by atoms with Crippen LogP contribution in [0, 0.1) is 22.7 Å². The van der Waals surface area contributed by atoms with E-state index in [2.05, 4.69) is 151 Å². The van der Waals surface area contributed by atoms with Crippen molar-refractivity contribution in [2.24, 2.45) is 0 Å². The minimum atomic E-state index is -0.251. The molecule has 1 aliphatic heterocycles. The summed E-state index contributed by atoms with van der Waals surface area (Å²) in [6, 6.07) is 59.5. The largest absolute Gasteiger partial charge is 0.310 e. The van der Waals surface area contributed by atoms with Crippen molar-refractivity contribution in [3.63, 3.8) is 0 Å². The number of benzene rings is 7. The highest BCUT2D eigenvalue weighted by Gasteiger charge is 2.37. The normalized spacial score (nSPS) is 13.0. The first-order valence-corrected chi connectivity index (χ1v) is 17.2. The molecule has 51 heavy (non-hydrogen) atoms. The van der Waals surface area contributed by atoms with Gasteiger partial charge in [-0.2, -0.15) is 10.5 Å². The van der Waals surface area contributed by atoms with Gasteiger partial charge in [0.05, 0.1) is 45.3 Å². The van der Waals surface area contributed by atoms with Gasteiger partial charge in [0, 0.05) is 27.4 Å². The summed E-state index contributed by atoms with van der Waals surface area (Å²) in [5, 5.41) is 22.3. The van der Waals surface area contributed by atoms with E-state index in [-0.39, 0.29) is 5.41 Å². The summed E-state index contributed by atoms with van der Waals surface area (Å²) < 4.78 is 2.20. The van der Waals surface area contributed by atoms with Gasteiger partial charge < -0.3 is 9.47 Å². The molecule has 2 heterocycles. The van der Waals surface area contributed by atoms with Gasteiger partial charge in [0.15, 0.2) is 0 Å². The van der Waals surface area contributed by atoms with Crippen LogP contribution >= 0.6 is 0 Å². The Labute approximate surface area is 297 Å². The maximum Gasteiger partial charge on any atom is 0.101 e. The number of hydrogen-bond donors (Lipinski definition) is 0. The van der Waals surface area contributed by atoms with E-state index in [1.165, 1.54) is 22.5 Å². The molecular formula is C47H32N4. The van der Waals surface area contributed by atoms with Gasteiger partial charge in [-0.3, -0.25) is 0 Å². The highest BCUT2D eigenvalue weighted by molar-refractivity contribution is 6.10. The Kier molecular flexibility index (Phi) is 6.88. The van der Waals surface area contributed by atoms with Gasteiger partial charge >= 0.3 is 0 Å². The molecule has 0 amide bonds. The van der Waals surface area contributed by atoms with Crippen molar-refractivity contribution in [3.8, 4) is 40.1 Å². The molecule has 0 radical (unpaired) electrons. The minimum Gasteiger partial charge on any atom is -0.310 e. The topological polar surface area (TPSA) is 55.8 Å². The molecule has 1 aromatic heterocycles. The van der Waals surface area contributed by atoms with Gasteiger partial charge in [-0.1, -0.05) is 111 Å². The molecule has 4 nitrogen and oxygen atoms in total. The first-order valence-electron chi connectivity index (χ1n) is 17.2. The van der Waals surface area contributed by atoms with Gasteiger partial charge in [-0.05, 0) is 88.5 Å². The smallest absolute Gasteiger partial charge is 0.101 e. The second-order valence-electron chi connectivity index (χ2n) is 13.6. The maximum atomic E-state index is 10.6. The summed E-state index contributed by atoms with van der Waals surface area (Å²) in [4.78, 5) is 2.38. The average molecular weight is 653 g/mol. The summed E-state index contributed by atoms with van der Waals surface area (Å²) in [6.45, 7) is 4.63. The summed E-state index contributed by atoms with van der Waals surface area (Å²) in [7, 11) is 0. The Morgan fingerprint density at radius 2 is 1.20 bits per heavy atom. The third kappa shape index (κ3) is 4.58. The summed E-state index contributed by atoms with van der Waals surface area (Å²) >= 11 is 0. The minimum absolute atomic E-state index is 0.251. The highest BCUT2D eigenvalue weighted by Crippen LogP contribution is 2.53. The summed E-state index contributed by atoms with van der Waals surface area (Å²) in [5.74, 6) is 0. The molecule has 9 rings (SSSR count). The molecule has 0 saturated heterocycles. The van der Waals surface area contributed by atoms with Crippen LogP contribution in [0.25, 0.3) is 49.7 Å². The first-order chi connectivity index (χ1) is 25.0. The predicted molar refractivity (Wildman–Crippen MR) is 208 cm³/mol. The SMILES string of the molecule is CC1(C)c2ccccc2N(c2ccccc2)c2ccc(-c3ccccc3-c3cccc(C#N)c3-n3c4ccccc4c4cc(C#N)ccc43)cc21. The van der Waals surface area contributed by atoms with Crippen molar-refractivity contribution < 1.29 is 0 Å². The lowest BCUT2D eigenvalue weighted by Crippen LogP contribution is -2.30. The van der Waals surface area contributed by atoms with Crippen molar-refractivity contribution in [2.45, 2.75) is 19.3 Å². The number of rotatable bonds is 4. The number of fused-ring (bicyclic) bond motifs is 5. The molecule has 4 heteroatoms. The van der Waals surface area contributed by atoms with Crippen molar-refractivity contribution in [3.05, 3.63) is 180 Å². The van der Waals surface area contributed by atoms with E-state index >= 15 is 0 Å². The number of nitrogens with zero attached hydrogens (tertiary/aromatic N) is 4. The standard InChI is InChI=1S/C47H32N4/c1-47(2)40-20-9-11-22-44(40)50(34-14-4-3-5-15-34)45-26-24-32(28-41(45)47)35-16-6-7-17-36(35)38-19-12-13-33(30-49)46(38)51-42-21-10-8-18-37(42)39-27-31(29-48)23-25-43(39)51/h3-28H,1-2H3. The van der Waals surface area contributed by atoms with Crippen LogP contribution < -0.4 is 4.90 Å². The lowest BCUT2D eigenvalue weighted by atomic mass is 9.72. The van der Waals surface area contributed by atoms with Crippen LogP contribution in [0.5, 0.6) is 0 Å². The molecule has 0 unspecified atom stereocenters. The number of nitriles is 2. The Morgan fingerprint density at radius 1 is 0.510 bits per heavy atom. The zero-order valence-corrected chi connectivity index (χ0v) is 28.3. The van der Waals surface area contributed by atoms with E-state index in [4.69, 9.17) is 0 Å².